The first-order chi connectivity index (χ1) is 15.1. The van der Waals surface area contributed by atoms with Crippen LogP contribution in [0.3, 0.4) is 0 Å². The number of carbonyl (C=O) groups is 2. The second kappa shape index (κ2) is 8.91. The Morgan fingerprint density at radius 3 is 2.28 bits per heavy atom. The van der Waals surface area contributed by atoms with Crippen molar-refractivity contribution in [3.63, 3.8) is 0 Å². The van der Waals surface area contributed by atoms with Gasteiger partial charge in [0.05, 0.1) is 31.4 Å². The van der Waals surface area contributed by atoms with Crippen LogP contribution in [0.5, 0.6) is 11.5 Å². The maximum atomic E-state index is 12.7. The van der Waals surface area contributed by atoms with Crippen molar-refractivity contribution in [3.05, 3.63) is 47.5 Å². The molecule has 0 aliphatic heterocycles. The van der Waals surface area contributed by atoms with Gasteiger partial charge in [0.25, 0.3) is 0 Å². The number of tetrazole rings is 1. The number of amides is 1. The Labute approximate surface area is 178 Å². The van der Waals surface area contributed by atoms with Gasteiger partial charge in [0.2, 0.25) is 11.7 Å². The molecule has 10 nitrogen and oxygen atoms in total. The summed E-state index contributed by atoms with van der Waals surface area (Å²) in [7, 11) is 2.66. The molecule has 3 aromatic rings. The van der Waals surface area contributed by atoms with Crippen molar-refractivity contribution in [1.29, 1.82) is 0 Å². The molecule has 0 atom stereocenters. The molecule has 2 aromatic carbocycles. The molecule has 1 aromatic heterocycles. The second-order valence-electron chi connectivity index (χ2n) is 6.31. The van der Waals surface area contributed by atoms with Gasteiger partial charge in [-0.05, 0) is 23.4 Å². The molecule has 0 saturated carbocycles. The number of hydrogen-bond donors (Lipinski definition) is 1. The molecular formula is C19H15F3N5O5-. The van der Waals surface area contributed by atoms with E-state index < -0.39 is 30.2 Å². The monoisotopic (exact) mass is 450 g/mol. The van der Waals surface area contributed by atoms with Crippen molar-refractivity contribution in [3.8, 4) is 22.9 Å². The molecule has 1 heterocycles. The number of rotatable bonds is 7. The Morgan fingerprint density at radius 1 is 1.09 bits per heavy atom. The first-order valence-corrected chi connectivity index (χ1v) is 8.85. The van der Waals surface area contributed by atoms with Gasteiger partial charge in [0.15, 0.2) is 11.5 Å². The Morgan fingerprint density at radius 2 is 1.72 bits per heavy atom. The van der Waals surface area contributed by atoms with Gasteiger partial charge < -0.3 is 24.7 Å². The van der Waals surface area contributed by atoms with Gasteiger partial charge in [-0.1, -0.05) is 12.1 Å². The molecular weight excluding hydrogens is 435 g/mol. The smallest absolute Gasteiger partial charge is 0.416 e. The number of alkyl halides is 3. The number of halogens is 3. The van der Waals surface area contributed by atoms with Crippen LogP contribution in [0, 0.1) is 0 Å². The van der Waals surface area contributed by atoms with Crippen LogP contribution >= 0.6 is 0 Å². The fraction of sp³-hybridized carbons (Fsp3) is 0.211. The van der Waals surface area contributed by atoms with Crippen LogP contribution in [0.25, 0.3) is 11.4 Å². The van der Waals surface area contributed by atoms with E-state index in [-0.39, 0.29) is 34.1 Å². The van der Waals surface area contributed by atoms with E-state index in [1.165, 1.54) is 32.4 Å². The maximum absolute atomic E-state index is 12.7. The molecule has 0 bridgehead atoms. The summed E-state index contributed by atoms with van der Waals surface area (Å²) >= 11 is 0. The van der Waals surface area contributed by atoms with Gasteiger partial charge in [-0.25, -0.2) is 0 Å². The molecule has 0 aliphatic rings. The van der Waals surface area contributed by atoms with Crippen LogP contribution < -0.4 is 19.9 Å². The highest BCUT2D eigenvalue weighted by Gasteiger charge is 2.30. The lowest BCUT2D eigenvalue weighted by Crippen LogP contribution is -2.26. The molecule has 1 N–H and O–H groups in total. The number of carbonyl (C=O) groups excluding carboxylic acids is 2. The fourth-order valence-corrected chi connectivity index (χ4v) is 2.70. The highest BCUT2D eigenvalue weighted by molar-refractivity contribution is 6.00. The SMILES string of the molecule is COc1cc(NC(=O)Cn2nnc(-c3ccc(C(F)(F)F)cc3)n2)c(C(=O)[O-])cc1OC. The van der Waals surface area contributed by atoms with Crippen molar-refractivity contribution in [2.75, 3.05) is 19.5 Å². The van der Waals surface area contributed by atoms with Crippen LogP contribution in [-0.2, 0) is 17.5 Å². The molecule has 0 fully saturated rings. The van der Waals surface area contributed by atoms with Crippen molar-refractivity contribution < 1.29 is 37.3 Å². The lowest BCUT2D eigenvalue weighted by atomic mass is 10.1. The number of nitrogens with zero attached hydrogens (tertiary/aromatic N) is 4. The topological polar surface area (TPSA) is 131 Å². The molecule has 0 aliphatic carbocycles. The minimum atomic E-state index is -4.48. The van der Waals surface area contributed by atoms with Gasteiger partial charge in [0.1, 0.15) is 6.54 Å². The third-order valence-electron chi connectivity index (χ3n) is 4.23. The van der Waals surface area contributed by atoms with E-state index in [1.54, 1.807) is 0 Å². The first kappa shape index (κ1) is 22.5. The molecule has 0 spiro atoms. The number of benzene rings is 2. The van der Waals surface area contributed by atoms with Crippen LogP contribution in [0.4, 0.5) is 18.9 Å². The van der Waals surface area contributed by atoms with Gasteiger partial charge in [-0.3, -0.25) is 4.79 Å². The molecule has 13 heteroatoms. The van der Waals surface area contributed by atoms with E-state index in [4.69, 9.17) is 9.47 Å². The van der Waals surface area contributed by atoms with E-state index in [9.17, 15) is 27.9 Å². The summed E-state index contributed by atoms with van der Waals surface area (Å²) in [5.41, 5.74) is -1.00. The predicted octanol–water partition coefficient (Wildman–Crippen LogP) is 1.38. The lowest BCUT2D eigenvalue weighted by molar-refractivity contribution is -0.254. The van der Waals surface area contributed by atoms with Gasteiger partial charge in [-0.15, -0.1) is 10.2 Å². The highest BCUT2D eigenvalue weighted by atomic mass is 19.4. The zero-order valence-electron chi connectivity index (χ0n) is 16.6. The number of ether oxygens (including phenoxy) is 2. The average Bonchev–Trinajstić information content (AvgIpc) is 3.20. The van der Waals surface area contributed by atoms with Crippen LogP contribution in [0.2, 0.25) is 0 Å². The standard InChI is InChI=1S/C19H16F3N5O5/c1-31-14-7-12(18(29)30)13(8-15(14)32-2)23-16(28)9-27-25-17(24-26-27)10-3-5-11(6-4-10)19(20,21)22/h3-8H,9H2,1-2H3,(H,23,28)(H,29,30)/p-1. The second-order valence-corrected chi connectivity index (χ2v) is 6.31. The first-order valence-electron chi connectivity index (χ1n) is 8.85. The largest absolute Gasteiger partial charge is 0.545 e. The van der Waals surface area contributed by atoms with Crippen molar-refractivity contribution in [2.45, 2.75) is 12.7 Å². The summed E-state index contributed by atoms with van der Waals surface area (Å²) in [6.45, 7) is -0.450. The summed E-state index contributed by atoms with van der Waals surface area (Å²) in [4.78, 5) is 24.7. The zero-order chi connectivity index (χ0) is 23.5. The minimum absolute atomic E-state index is 0.00747. The Balaban J connectivity index is 1.75. The van der Waals surface area contributed by atoms with Crippen LogP contribution in [0.15, 0.2) is 36.4 Å². The molecule has 0 saturated heterocycles. The van der Waals surface area contributed by atoms with Crippen molar-refractivity contribution in [1.82, 2.24) is 20.2 Å². The van der Waals surface area contributed by atoms with E-state index in [1.807, 2.05) is 0 Å². The zero-order valence-corrected chi connectivity index (χ0v) is 16.6. The normalized spacial score (nSPS) is 11.2. The van der Waals surface area contributed by atoms with E-state index >= 15 is 0 Å². The summed E-state index contributed by atoms with van der Waals surface area (Å²) in [6.07, 6.45) is -4.48. The van der Waals surface area contributed by atoms with E-state index in [2.05, 4.69) is 20.7 Å². The van der Waals surface area contributed by atoms with E-state index in [0.717, 1.165) is 23.0 Å². The quantitative estimate of drug-likeness (QED) is 0.571. The number of carboxylic acid groups (broad SMARTS) is 1. The highest BCUT2D eigenvalue weighted by Crippen LogP contribution is 2.33. The molecule has 32 heavy (non-hydrogen) atoms. The van der Waals surface area contributed by atoms with Crippen molar-refractivity contribution >= 4 is 17.6 Å². The molecule has 3 rings (SSSR count). The minimum Gasteiger partial charge on any atom is -0.545 e. The number of carboxylic acids is 1. The molecule has 0 unspecified atom stereocenters. The van der Waals surface area contributed by atoms with E-state index in [0.29, 0.717) is 0 Å². The Kier molecular flexibility index (Phi) is 6.27. The number of nitrogens with one attached hydrogen (secondary N) is 1. The van der Waals surface area contributed by atoms with Crippen LogP contribution in [-0.4, -0.2) is 46.3 Å². The fourth-order valence-electron chi connectivity index (χ4n) is 2.70. The molecule has 168 valence electrons. The molecule has 1 amide bonds. The summed E-state index contributed by atoms with van der Waals surface area (Å²) < 4.78 is 48.1. The predicted molar refractivity (Wildman–Crippen MR) is 101 cm³/mol. The van der Waals surface area contributed by atoms with Gasteiger partial charge in [-0.2, -0.15) is 18.0 Å². The van der Waals surface area contributed by atoms with Crippen LogP contribution in [0.1, 0.15) is 15.9 Å². The number of hydrogen-bond acceptors (Lipinski definition) is 8. The lowest BCUT2D eigenvalue weighted by Gasteiger charge is -2.16. The van der Waals surface area contributed by atoms with Crippen molar-refractivity contribution in [2.24, 2.45) is 0 Å². The maximum Gasteiger partial charge on any atom is 0.416 e. The summed E-state index contributed by atoms with van der Waals surface area (Å²) in [5, 5.41) is 25.1. The number of anilines is 1. The summed E-state index contributed by atoms with van der Waals surface area (Å²) in [6, 6.07) is 6.51. The average molecular weight is 450 g/mol. The third kappa shape index (κ3) is 4.94. The van der Waals surface area contributed by atoms with Gasteiger partial charge in [0, 0.05) is 17.2 Å². The Hall–Kier alpha value is -4.16. The third-order valence-corrected chi connectivity index (χ3v) is 4.23. The number of methoxy groups -OCH3 is 2. The summed E-state index contributed by atoms with van der Waals surface area (Å²) in [5.74, 6) is -1.94. The molecule has 0 radical (unpaired) electrons. The number of aromatic carboxylic acids is 1. The number of aromatic nitrogens is 4. The van der Waals surface area contributed by atoms with Gasteiger partial charge >= 0.3 is 6.18 Å². The Bertz CT molecular complexity index is 1150.